The molecule has 0 saturated carbocycles. The van der Waals surface area contributed by atoms with E-state index in [1.807, 2.05) is 54.3 Å². The number of likely N-dealkylation sites (N-methyl/N-ethyl adjacent to an activating group) is 1. The molecule has 0 aromatic heterocycles. The Morgan fingerprint density at radius 2 is 1.68 bits per heavy atom. The number of rotatable bonds is 2. The Hall–Kier alpha value is -2.13. The van der Waals surface area contributed by atoms with Crippen LogP contribution in [0.4, 0.5) is 0 Å². The molecule has 1 fully saturated rings. The number of carbonyl (C=O) groups is 1. The lowest BCUT2D eigenvalue weighted by Gasteiger charge is -2.40. The molecule has 2 aromatic carbocycles. The van der Waals surface area contributed by atoms with Gasteiger partial charge >= 0.3 is 0 Å². The number of amides is 1. The first kappa shape index (κ1) is 14.8. The van der Waals surface area contributed by atoms with Crippen molar-refractivity contribution >= 4 is 5.91 Å². The fourth-order valence-corrected chi connectivity index (χ4v) is 2.98. The quantitative estimate of drug-likeness (QED) is 0.849. The number of carbonyl (C=O) groups excluding carboxylic acids is 1. The van der Waals surface area contributed by atoms with Gasteiger partial charge in [-0.3, -0.25) is 4.79 Å². The Balaban J connectivity index is 1.89. The summed E-state index contributed by atoms with van der Waals surface area (Å²) in [6.07, 6.45) is 0. The van der Waals surface area contributed by atoms with Gasteiger partial charge in [-0.1, -0.05) is 48.0 Å². The predicted molar refractivity (Wildman–Crippen MR) is 88.9 cm³/mol. The molecule has 1 aliphatic heterocycles. The molecule has 22 heavy (non-hydrogen) atoms. The van der Waals surface area contributed by atoms with E-state index in [2.05, 4.69) is 24.1 Å². The molecule has 1 aliphatic rings. The van der Waals surface area contributed by atoms with Crippen LogP contribution in [0.5, 0.6) is 0 Å². The van der Waals surface area contributed by atoms with Gasteiger partial charge in [-0.15, -0.1) is 0 Å². The van der Waals surface area contributed by atoms with Crippen LogP contribution in [0.15, 0.2) is 54.6 Å². The molecule has 2 aromatic rings. The third-order valence-corrected chi connectivity index (χ3v) is 4.33. The van der Waals surface area contributed by atoms with Crippen molar-refractivity contribution in [3.8, 4) is 0 Å². The van der Waals surface area contributed by atoms with Crippen LogP contribution in [0.2, 0.25) is 0 Å². The van der Waals surface area contributed by atoms with Crippen molar-refractivity contribution in [2.24, 2.45) is 0 Å². The van der Waals surface area contributed by atoms with Crippen LogP contribution < -0.4 is 0 Å². The van der Waals surface area contributed by atoms with Crippen molar-refractivity contribution < 1.29 is 4.79 Å². The summed E-state index contributed by atoms with van der Waals surface area (Å²) in [6.45, 7) is 4.60. The maximum Gasteiger partial charge on any atom is 0.254 e. The van der Waals surface area contributed by atoms with Crippen LogP contribution in [0.3, 0.4) is 0 Å². The molecule has 114 valence electrons. The molecule has 0 N–H and O–H groups in total. The van der Waals surface area contributed by atoms with Crippen LogP contribution in [-0.2, 0) is 0 Å². The van der Waals surface area contributed by atoms with Gasteiger partial charge in [-0.05, 0) is 31.7 Å². The Morgan fingerprint density at radius 3 is 2.36 bits per heavy atom. The van der Waals surface area contributed by atoms with E-state index >= 15 is 0 Å². The predicted octanol–water partition coefficient (Wildman–Crippen LogP) is 3.12. The summed E-state index contributed by atoms with van der Waals surface area (Å²) in [6, 6.07) is 18.3. The summed E-state index contributed by atoms with van der Waals surface area (Å²) in [5.41, 5.74) is 3.15. The summed E-state index contributed by atoms with van der Waals surface area (Å²) in [4.78, 5) is 17.2. The number of hydrogen-bond acceptors (Lipinski definition) is 2. The first-order valence-corrected chi connectivity index (χ1v) is 7.76. The zero-order chi connectivity index (χ0) is 15.5. The van der Waals surface area contributed by atoms with Gasteiger partial charge in [0.1, 0.15) is 0 Å². The van der Waals surface area contributed by atoms with Crippen molar-refractivity contribution in [2.45, 2.75) is 13.0 Å². The lowest BCUT2D eigenvalue weighted by molar-refractivity contribution is 0.0498. The molecule has 0 aliphatic carbocycles. The van der Waals surface area contributed by atoms with Crippen molar-refractivity contribution in [3.63, 3.8) is 0 Å². The lowest BCUT2D eigenvalue weighted by atomic mass is 10.0. The molecule has 0 spiro atoms. The van der Waals surface area contributed by atoms with Crippen LogP contribution in [0.25, 0.3) is 0 Å². The second-order valence-electron chi connectivity index (χ2n) is 6.05. The highest BCUT2D eigenvalue weighted by molar-refractivity contribution is 5.94. The number of benzene rings is 2. The molecule has 0 bridgehead atoms. The topological polar surface area (TPSA) is 23.6 Å². The zero-order valence-corrected chi connectivity index (χ0v) is 13.2. The lowest BCUT2D eigenvalue weighted by Crippen LogP contribution is -2.49. The highest BCUT2D eigenvalue weighted by Crippen LogP contribution is 2.26. The molecular weight excluding hydrogens is 272 g/mol. The van der Waals surface area contributed by atoms with Crippen LogP contribution in [0.1, 0.15) is 27.5 Å². The van der Waals surface area contributed by atoms with Crippen LogP contribution in [-0.4, -0.2) is 42.4 Å². The molecule has 0 radical (unpaired) electrons. The first-order chi connectivity index (χ1) is 10.6. The van der Waals surface area contributed by atoms with Gasteiger partial charge in [0, 0.05) is 25.2 Å². The minimum Gasteiger partial charge on any atom is -0.329 e. The Labute approximate surface area is 132 Å². The second-order valence-corrected chi connectivity index (χ2v) is 6.05. The van der Waals surface area contributed by atoms with Crippen molar-refractivity contribution in [3.05, 3.63) is 71.3 Å². The molecule has 1 heterocycles. The summed E-state index contributed by atoms with van der Waals surface area (Å²) in [7, 11) is 2.11. The van der Waals surface area contributed by atoms with Gasteiger partial charge in [-0.25, -0.2) is 0 Å². The normalized spacial score (nSPS) is 19.2. The summed E-state index contributed by atoms with van der Waals surface area (Å²) < 4.78 is 0. The van der Waals surface area contributed by atoms with Gasteiger partial charge in [0.15, 0.2) is 0 Å². The van der Waals surface area contributed by atoms with Gasteiger partial charge in [0.2, 0.25) is 0 Å². The van der Waals surface area contributed by atoms with E-state index in [0.29, 0.717) is 0 Å². The molecule has 0 unspecified atom stereocenters. The smallest absolute Gasteiger partial charge is 0.254 e. The van der Waals surface area contributed by atoms with Gasteiger partial charge in [0.05, 0.1) is 6.04 Å². The first-order valence-electron chi connectivity index (χ1n) is 7.76. The Morgan fingerprint density at radius 1 is 1.00 bits per heavy atom. The summed E-state index contributed by atoms with van der Waals surface area (Å²) >= 11 is 0. The Kier molecular flexibility index (Phi) is 4.25. The van der Waals surface area contributed by atoms with Gasteiger partial charge in [-0.2, -0.15) is 0 Å². The maximum absolute atomic E-state index is 12.9. The van der Waals surface area contributed by atoms with Gasteiger partial charge < -0.3 is 9.80 Å². The Bertz CT molecular complexity index is 636. The second kappa shape index (κ2) is 6.32. The van der Waals surface area contributed by atoms with E-state index in [9.17, 15) is 4.79 Å². The maximum atomic E-state index is 12.9. The van der Waals surface area contributed by atoms with Crippen LogP contribution >= 0.6 is 0 Å². The molecule has 1 atom stereocenters. The summed E-state index contributed by atoms with van der Waals surface area (Å²) in [5.74, 6) is 0.127. The molecule has 1 saturated heterocycles. The van der Waals surface area contributed by atoms with E-state index in [4.69, 9.17) is 0 Å². The minimum atomic E-state index is 0.119. The molecule has 3 nitrogen and oxygen atoms in total. The van der Waals surface area contributed by atoms with E-state index in [0.717, 1.165) is 25.2 Å². The fraction of sp³-hybridized carbons (Fsp3) is 0.316. The average Bonchev–Trinajstić information content (AvgIpc) is 2.56. The van der Waals surface area contributed by atoms with E-state index < -0.39 is 0 Å². The van der Waals surface area contributed by atoms with Crippen molar-refractivity contribution in [2.75, 3.05) is 26.7 Å². The molecule has 3 heteroatoms. The van der Waals surface area contributed by atoms with Crippen LogP contribution in [0, 0.1) is 6.92 Å². The zero-order valence-electron chi connectivity index (χ0n) is 13.2. The minimum absolute atomic E-state index is 0.119. The number of hydrogen-bond donors (Lipinski definition) is 0. The van der Waals surface area contributed by atoms with E-state index in [-0.39, 0.29) is 11.9 Å². The third-order valence-electron chi connectivity index (χ3n) is 4.33. The highest BCUT2D eigenvalue weighted by atomic mass is 16.2. The third kappa shape index (κ3) is 3.04. The summed E-state index contributed by atoms with van der Waals surface area (Å²) in [5, 5.41) is 0. The number of aryl methyl sites for hydroxylation is 1. The molecule has 1 amide bonds. The van der Waals surface area contributed by atoms with Crippen molar-refractivity contribution in [1.82, 2.24) is 9.80 Å². The average molecular weight is 294 g/mol. The van der Waals surface area contributed by atoms with Gasteiger partial charge in [0.25, 0.3) is 5.91 Å². The van der Waals surface area contributed by atoms with Crippen molar-refractivity contribution in [1.29, 1.82) is 0 Å². The molecular formula is C19H22N2O. The number of nitrogens with zero attached hydrogens (tertiary/aromatic N) is 2. The number of piperazine rings is 1. The standard InChI is InChI=1S/C19H22N2O/c1-15-8-10-17(11-9-15)19(22)21-13-12-20(2)14-18(21)16-6-4-3-5-7-16/h3-11,18H,12-14H2,1-2H3/t18-/m0/s1. The highest BCUT2D eigenvalue weighted by Gasteiger charge is 2.30. The largest absolute Gasteiger partial charge is 0.329 e. The monoisotopic (exact) mass is 294 g/mol. The van der Waals surface area contributed by atoms with E-state index in [1.165, 1.54) is 11.1 Å². The molecule has 3 rings (SSSR count). The SMILES string of the molecule is Cc1ccc(C(=O)N2CCN(C)C[C@H]2c2ccccc2)cc1. The van der Waals surface area contributed by atoms with E-state index in [1.54, 1.807) is 0 Å². The fourth-order valence-electron chi connectivity index (χ4n) is 2.98.